The van der Waals surface area contributed by atoms with Crippen molar-refractivity contribution in [2.24, 2.45) is 5.92 Å². The molecule has 104 valence electrons. The highest BCUT2D eigenvalue weighted by Crippen LogP contribution is 2.27. The maximum atomic E-state index is 13.6. The average molecular weight is 273 g/mol. The number of benzene rings is 1. The van der Waals surface area contributed by atoms with Crippen molar-refractivity contribution >= 4 is 5.91 Å². The van der Waals surface area contributed by atoms with Crippen LogP contribution in [0.4, 0.5) is 13.2 Å². The largest absolute Gasteiger partial charge is 0.394 e. The van der Waals surface area contributed by atoms with E-state index in [1.807, 2.05) is 6.92 Å². The lowest BCUT2D eigenvalue weighted by atomic mass is 10.0. The molecule has 1 saturated heterocycles. The Labute approximate surface area is 108 Å². The number of halogens is 3. The summed E-state index contributed by atoms with van der Waals surface area (Å²) in [6, 6.07) is 0.490. The first-order valence-electron chi connectivity index (χ1n) is 6.02. The van der Waals surface area contributed by atoms with E-state index in [0.29, 0.717) is 25.1 Å². The number of carbonyl (C=O) groups excluding carboxylic acids is 1. The molecule has 0 aromatic heterocycles. The third-order valence-corrected chi connectivity index (χ3v) is 3.55. The Hall–Kier alpha value is -1.56. The molecule has 0 bridgehead atoms. The molecular formula is C13H14F3NO2. The van der Waals surface area contributed by atoms with Crippen LogP contribution in [-0.4, -0.2) is 35.1 Å². The van der Waals surface area contributed by atoms with Crippen molar-refractivity contribution in [3.05, 3.63) is 35.1 Å². The van der Waals surface area contributed by atoms with Crippen molar-refractivity contribution < 1.29 is 23.1 Å². The standard InChI is InChI=1S/C13H14F3NO2/c1-7-2-3-17(11(7)6-18)13(19)12-9(15)4-8(14)5-10(12)16/h4-5,7,11,18H,2-3,6H2,1H3. The number of nitrogens with zero attached hydrogens (tertiary/aromatic N) is 1. The van der Waals surface area contributed by atoms with Gasteiger partial charge in [-0.2, -0.15) is 0 Å². The summed E-state index contributed by atoms with van der Waals surface area (Å²) in [6.45, 7) is 1.91. The Morgan fingerprint density at radius 2 is 1.95 bits per heavy atom. The third kappa shape index (κ3) is 2.45. The summed E-state index contributed by atoms with van der Waals surface area (Å²) >= 11 is 0. The third-order valence-electron chi connectivity index (χ3n) is 3.55. The zero-order valence-corrected chi connectivity index (χ0v) is 10.4. The monoisotopic (exact) mass is 273 g/mol. The first-order chi connectivity index (χ1) is 8.95. The Kier molecular flexibility index (Phi) is 3.80. The molecular weight excluding hydrogens is 259 g/mol. The maximum absolute atomic E-state index is 13.6. The van der Waals surface area contributed by atoms with Crippen LogP contribution in [0.25, 0.3) is 0 Å². The minimum atomic E-state index is -1.22. The fourth-order valence-corrected chi connectivity index (χ4v) is 2.43. The highest BCUT2D eigenvalue weighted by atomic mass is 19.1. The molecule has 0 radical (unpaired) electrons. The topological polar surface area (TPSA) is 40.5 Å². The van der Waals surface area contributed by atoms with Gasteiger partial charge in [-0.25, -0.2) is 13.2 Å². The summed E-state index contributed by atoms with van der Waals surface area (Å²) < 4.78 is 39.9. The van der Waals surface area contributed by atoms with Gasteiger partial charge in [-0.15, -0.1) is 0 Å². The van der Waals surface area contributed by atoms with Crippen molar-refractivity contribution in [1.82, 2.24) is 4.90 Å². The molecule has 0 spiro atoms. The molecule has 0 aliphatic carbocycles. The van der Waals surface area contributed by atoms with Gasteiger partial charge in [0.1, 0.15) is 23.0 Å². The Morgan fingerprint density at radius 1 is 1.37 bits per heavy atom. The van der Waals surface area contributed by atoms with E-state index < -0.39 is 35.0 Å². The number of carbonyl (C=O) groups is 1. The summed E-state index contributed by atoms with van der Waals surface area (Å²) in [7, 11) is 0. The van der Waals surface area contributed by atoms with Crippen LogP contribution in [0.15, 0.2) is 12.1 Å². The SMILES string of the molecule is CC1CCN(C(=O)c2c(F)cc(F)cc2F)C1CO. The van der Waals surface area contributed by atoms with Gasteiger partial charge in [0.05, 0.1) is 12.6 Å². The zero-order chi connectivity index (χ0) is 14.2. The molecule has 1 aliphatic rings. The molecule has 3 nitrogen and oxygen atoms in total. The summed E-state index contributed by atoms with van der Waals surface area (Å²) in [5, 5.41) is 9.24. The lowest BCUT2D eigenvalue weighted by Crippen LogP contribution is -2.40. The number of rotatable bonds is 2. The number of aliphatic hydroxyl groups is 1. The Bertz CT molecular complexity index is 484. The van der Waals surface area contributed by atoms with Crippen LogP contribution >= 0.6 is 0 Å². The molecule has 1 aromatic carbocycles. The fraction of sp³-hybridized carbons (Fsp3) is 0.462. The number of aliphatic hydroxyl groups excluding tert-OH is 1. The van der Waals surface area contributed by atoms with Gasteiger partial charge < -0.3 is 10.0 Å². The minimum absolute atomic E-state index is 0.0560. The van der Waals surface area contributed by atoms with E-state index in [0.717, 1.165) is 0 Å². The van der Waals surface area contributed by atoms with Crippen LogP contribution in [0.5, 0.6) is 0 Å². The molecule has 19 heavy (non-hydrogen) atoms. The number of amides is 1. The van der Waals surface area contributed by atoms with Crippen molar-refractivity contribution in [2.75, 3.05) is 13.2 Å². The number of hydrogen-bond acceptors (Lipinski definition) is 2. The van der Waals surface area contributed by atoms with Gasteiger partial charge in [-0.3, -0.25) is 4.79 Å². The van der Waals surface area contributed by atoms with Gasteiger partial charge in [0, 0.05) is 18.7 Å². The first-order valence-corrected chi connectivity index (χ1v) is 6.02. The molecule has 1 aromatic rings. The highest BCUT2D eigenvalue weighted by Gasteiger charge is 2.36. The van der Waals surface area contributed by atoms with Crippen LogP contribution in [0.3, 0.4) is 0 Å². The second-order valence-electron chi connectivity index (χ2n) is 4.76. The second kappa shape index (κ2) is 5.21. The molecule has 0 saturated carbocycles. The number of likely N-dealkylation sites (tertiary alicyclic amines) is 1. The van der Waals surface area contributed by atoms with Gasteiger partial charge in [0.15, 0.2) is 0 Å². The molecule has 1 fully saturated rings. The van der Waals surface area contributed by atoms with E-state index in [9.17, 15) is 23.1 Å². The predicted octanol–water partition coefficient (Wildman–Crippen LogP) is 1.95. The highest BCUT2D eigenvalue weighted by molar-refractivity contribution is 5.95. The van der Waals surface area contributed by atoms with E-state index >= 15 is 0 Å². The van der Waals surface area contributed by atoms with Crippen LogP contribution in [0, 0.1) is 23.4 Å². The quantitative estimate of drug-likeness (QED) is 0.894. The van der Waals surface area contributed by atoms with Crippen LogP contribution in [0.2, 0.25) is 0 Å². The van der Waals surface area contributed by atoms with Gasteiger partial charge in [-0.05, 0) is 12.3 Å². The lowest BCUT2D eigenvalue weighted by molar-refractivity contribution is 0.0638. The fourth-order valence-electron chi connectivity index (χ4n) is 2.43. The van der Waals surface area contributed by atoms with Crippen LogP contribution in [0.1, 0.15) is 23.7 Å². The smallest absolute Gasteiger partial charge is 0.260 e. The van der Waals surface area contributed by atoms with Crippen LogP contribution in [-0.2, 0) is 0 Å². The number of hydrogen-bond donors (Lipinski definition) is 1. The molecule has 1 heterocycles. The molecule has 1 N–H and O–H groups in total. The van der Waals surface area contributed by atoms with Crippen molar-refractivity contribution in [3.8, 4) is 0 Å². The molecule has 6 heteroatoms. The zero-order valence-electron chi connectivity index (χ0n) is 10.4. The Morgan fingerprint density at radius 3 is 2.47 bits per heavy atom. The molecule has 1 amide bonds. The van der Waals surface area contributed by atoms with E-state index in [1.165, 1.54) is 4.90 Å². The summed E-state index contributed by atoms with van der Waals surface area (Å²) in [5.41, 5.74) is -0.769. The lowest BCUT2D eigenvalue weighted by Gasteiger charge is -2.25. The van der Waals surface area contributed by atoms with Gasteiger partial charge in [0.25, 0.3) is 5.91 Å². The van der Waals surface area contributed by atoms with Crippen molar-refractivity contribution in [1.29, 1.82) is 0 Å². The molecule has 1 aliphatic heterocycles. The first kappa shape index (κ1) is 13.9. The second-order valence-corrected chi connectivity index (χ2v) is 4.76. The van der Waals surface area contributed by atoms with Gasteiger partial charge >= 0.3 is 0 Å². The summed E-state index contributed by atoms with van der Waals surface area (Å²) in [6.07, 6.45) is 0.654. The maximum Gasteiger partial charge on any atom is 0.260 e. The molecule has 2 unspecified atom stereocenters. The van der Waals surface area contributed by atoms with E-state index in [2.05, 4.69) is 0 Å². The van der Waals surface area contributed by atoms with Gasteiger partial charge in [0.2, 0.25) is 0 Å². The normalized spacial score (nSPS) is 22.9. The van der Waals surface area contributed by atoms with E-state index in [4.69, 9.17) is 0 Å². The summed E-state index contributed by atoms with van der Waals surface area (Å²) in [4.78, 5) is 13.4. The van der Waals surface area contributed by atoms with E-state index in [-0.39, 0.29) is 12.5 Å². The molecule has 2 atom stereocenters. The predicted molar refractivity (Wildman–Crippen MR) is 62.0 cm³/mol. The minimum Gasteiger partial charge on any atom is -0.394 e. The van der Waals surface area contributed by atoms with Gasteiger partial charge in [-0.1, -0.05) is 6.92 Å². The average Bonchev–Trinajstić information content (AvgIpc) is 2.68. The van der Waals surface area contributed by atoms with Crippen molar-refractivity contribution in [3.63, 3.8) is 0 Å². The molecule has 2 rings (SSSR count). The van der Waals surface area contributed by atoms with E-state index in [1.54, 1.807) is 0 Å². The Balaban J connectivity index is 2.35. The summed E-state index contributed by atoms with van der Waals surface area (Å²) in [5.74, 6) is -4.31. The van der Waals surface area contributed by atoms with Crippen molar-refractivity contribution in [2.45, 2.75) is 19.4 Å². The van der Waals surface area contributed by atoms with Crippen LogP contribution < -0.4 is 0 Å².